The Morgan fingerprint density at radius 1 is 1.33 bits per heavy atom. The fraction of sp³-hybridized carbons (Fsp3) is 0.917. The molecule has 1 amide bonds. The average molecular weight is 259 g/mol. The highest BCUT2D eigenvalue weighted by Gasteiger charge is 2.22. The molecule has 18 heavy (non-hydrogen) atoms. The van der Waals surface area contributed by atoms with Crippen LogP contribution >= 0.6 is 0 Å². The zero-order valence-electron chi connectivity index (χ0n) is 11.3. The van der Waals surface area contributed by atoms with Gasteiger partial charge in [0, 0.05) is 33.2 Å². The van der Waals surface area contributed by atoms with Gasteiger partial charge in [-0.05, 0) is 12.8 Å². The number of nitrogens with one attached hydrogen (secondary N) is 1. The summed E-state index contributed by atoms with van der Waals surface area (Å²) in [4.78, 5) is 15.3. The molecule has 1 heterocycles. The summed E-state index contributed by atoms with van der Waals surface area (Å²) in [5, 5.41) is 21.2. The van der Waals surface area contributed by atoms with Crippen LogP contribution in [0.15, 0.2) is 0 Å². The van der Waals surface area contributed by atoms with Gasteiger partial charge in [-0.15, -0.1) is 0 Å². The summed E-state index contributed by atoms with van der Waals surface area (Å²) < 4.78 is 0. The molecule has 0 spiro atoms. The number of hydrogen-bond donors (Lipinski definition) is 3. The van der Waals surface area contributed by atoms with Crippen molar-refractivity contribution in [1.82, 2.24) is 15.1 Å². The van der Waals surface area contributed by atoms with Crippen molar-refractivity contribution in [2.45, 2.75) is 24.9 Å². The molecule has 0 unspecified atom stereocenters. The highest BCUT2D eigenvalue weighted by molar-refractivity contribution is 5.77. The van der Waals surface area contributed by atoms with E-state index in [0.29, 0.717) is 12.6 Å². The third-order valence-electron chi connectivity index (χ3n) is 3.36. The highest BCUT2D eigenvalue weighted by Crippen LogP contribution is 2.10. The molecule has 0 aromatic rings. The molecule has 0 saturated carbocycles. The van der Waals surface area contributed by atoms with Crippen LogP contribution in [0.2, 0.25) is 0 Å². The molecule has 3 N–H and O–H groups in total. The summed E-state index contributed by atoms with van der Waals surface area (Å²) >= 11 is 0. The molecule has 1 saturated heterocycles. The predicted octanol–water partition coefficient (Wildman–Crippen LogP) is -1.52. The lowest BCUT2D eigenvalue weighted by atomic mass is 10.0. The molecule has 1 fully saturated rings. The number of likely N-dealkylation sites (tertiary alicyclic amines) is 1. The van der Waals surface area contributed by atoms with E-state index in [-0.39, 0.29) is 25.2 Å². The van der Waals surface area contributed by atoms with Crippen LogP contribution in [0.3, 0.4) is 0 Å². The van der Waals surface area contributed by atoms with Gasteiger partial charge in [0.2, 0.25) is 5.91 Å². The maximum absolute atomic E-state index is 11.6. The first kappa shape index (κ1) is 15.4. The molecule has 0 aromatic heterocycles. The maximum atomic E-state index is 11.6. The minimum Gasteiger partial charge on any atom is -0.395 e. The predicted molar refractivity (Wildman–Crippen MR) is 69.3 cm³/mol. The quantitative estimate of drug-likeness (QED) is 0.540. The first-order valence-corrected chi connectivity index (χ1v) is 6.47. The lowest BCUT2D eigenvalue weighted by Crippen LogP contribution is -2.50. The normalized spacial score (nSPS) is 18.3. The molecule has 0 bridgehead atoms. The first-order chi connectivity index (χ1) is 8.56. The van der Waals surface area contributed by atoms with Gasteiger partial charge in [0.05, 0.1) is 25.8 Å². The summed E-state index contributed by atoms with van der Waals surface area (Å²) in [6.07, 6.45) is 1.88. The summed E-state index contributed by atoms with van der Waals surface area (Å²) in [5.41, 5.74) is 0. The molecule has 0 aliphatic carbocycles. The van der Waals surface area contributed by atoms with Gasteiger partial charge in [0.1, 0.15) is 0 Å². The number of hydrogen-bond acceptors (Lipinski definition) is 5. The monoisotopic (exact) mass is 259 g/mol. The van der Waals surface area contributed by atoms with Crippen LogP contribution in [0, 0.1) is 0 Å². The fourth-order valence-corrected chi connectivity index (χ4v) is 2.09. The van der Waals surface area contributed by atoms with E-state index in [1.807, 2.05) is 0 Å². The zero-order chi connectivity index (χ0) is 13.5. The third kappa shape index (κ3) is 4.89. The molecule has 0 atom stereocenters. The van der Waals surface area contributed by atoms with Crippen LogP contribution in [-0.2, 0) is 4.79 Å². The van der Waals surface area contributed by atoms with Gasteiger partial charge >= 0.3 is 0 Å². The second-order valence-electron chi connectivity index (χ2n) is 5.07. The van der Waals surface area contributed by atoms with E-state index >= 15 is 0 Å². The average Bonchev–Trinajstić information content (AvgIpc) is 2.37. The number of carbonyl (C=O) groups is 1. The van der Waals surface area contributed by atoms with Crippen LogP contribution in [0.1, 0.15) is 12.8 Å². The van der Waals surface area contributed by atoms with E-state index in [1.54, 1.807) is 19.0 Å². The van der Waals surface area contributed by atoms with Crippen LogP contribution < -0.4 is 5.32 Å². The van der Waals surface area contributed by atoms with E-state index in [9.17, 15) is 4.79 Å². The van der Waals surface area contributed by atoms with Crippen molar-refractivity contribution in [3.8, 4) is 0 Å². The molecule has 106 valence electrons. The van der Waals surface area contributed by atoms with E-state index in [4.69, 9.17) is 10.2 Å². The Balaban J connectivity index is 2.26. The fourth-order valence-electron chi connectivity index (χ4n) is 2.09. The Morgan fingerprint density at radius 2 is 1.89 bits per heavy atom. The smallest absolute Gasteiger partial charge is 0.236 e. The Labute approximate surface area is 109 Å². The van der Waals surface area contributed by atoms with Gasteiger partial charge in [-0.2, -0.15) is 0 Å². The second kappa shape index (κ2) is 7.68. The summed E-state index contributed by atoms with van der Waals surface area (Å²) in [6, 6.07) is 0.0879. The van der Waals surface area contributed by atoms with Crippen LogP contribution in [0.5, 0.6) is 0 Å². The van der Waals surface area contributed by atoms with E-state index in [2.05, 4.69) is 10.2 Å². The number of nitrogens with zero attached hydrogens (tertiary/aromatic N) is 2. The maximum Gasteiger partial charge on any atom is 0.236 e. The Hall–Kier alpha value is -0.690. The van der Waals surface area contributed by atoms with Gasteiger partial charge < -0.3 is 20.4 Å². The Morgan fingerprint density at radius 3 is 2.33 bits per heavy atom. The van der Waals surface area contributed by atoms with Crippen molar-refractivity contribution in [2.24, 2.45) is 0 Å². The van der Waals surface area contributed by atoms with Gasteiger partial charge in [0.15, 0.2) is 0 Å². The molecule has 1 rings (SSSR count). The minimum absolute atomic E-state index is 0.0458. The minimum atomic E-state index is -0.232. The van der Waals surface area contributed by atoms with Crippen molar-refractivity contribution in [2.75, 3.05) is 46.9 Å². The number of amides is 1. The molecule has 1 aliphatic rings. The number of aliphatic hydroxyl groups is 2. The standard InChI is InChI=1S/C12H25N3O3/c1-14(2)12(18)7-15-5-3-10(4-6-15)13-11(8-16)9-17/h10-11,13,16-17H,3-9H2,1-2H3. The summed E-state index contributed by atoms with van der Waals surface area (Å²) in [7, 11) is 3.54. The number of likely N-dealkylation sites (N-methyl/N-ethyl adjacent to an activating group) is 1. The zero-order valence-corrected chi connectivity index (χ0v) is 11.3. The van der Waals surface area contributed by atoms with Gasteiger partial charge in [-0.3, -0.25) is 9.69 Å². The van der Waals surface area contributed by atoms with E-state index in [1.165, 1.54) is 0 Å². The third-order valence-corrected chi connectivity index (χ3v) is 3.36. The largest absolute Gasteiger partial charge is 0.395 e. The summed E-state index contributed by atoms with van der Waals surface area (Å²) in [5.74, 6) is 0.130. The van der Waals surface area contributed by atoms with Crippen LogP contribution in [-0.4, -0.2) is 84.9 Å². The number of aliphatic hydroxyl groups excluding tert-OH is 2. The number of piperidine rings is 1. The lowest BCUT2D eigenvalue weighted by Gasteiger charge is -2.34. The Kier molecular flexibility index (Phi) is 6.56. The van der Waals surface area contributed by atoms with Crippen molar-refractivity contribution >= 4 is 5.91 Å². The van der Waals surface area contributed by atoms with Gasteiger partial charge in [-0.25, -0.2) is 0 Å². The van der Waals surface area contributed by atoms with Crippen molar-refractivity contribution in [1.29, 1.82) is 0 Å². The molecule has 6 nitrogen and oxygen atoms in total. The molecule has 6 heteroatoms. The topological polar surface area (TPSA) is 76.0 Å². The number of carbonyl (C=O) groups excluding carboxylic acids is 1. The highest BCUT2D eigenvalue weighted by atomic mass is 16.3. The van der Waals surface area contributed by atoms with Gasteiger partial charge in [-0.1, -0.05) is 0 Å². The van der Waals surface area contributed by atoms with Crippen molar-refractivity contribution in [3.05, 3.63) is 0 Å². The first-order valence-electron chi connectivity index (χ1n) is 6.47. The lowest BCUT2D eigenvalue weighted by molar-refractivity contribution is -0.130. The van der Waals surface area contributed by atoms with Crippen LogP contribution in [0.4, 0.5) is 0 Å². The summed E-state index contributed by atoms with van der Waals surface area (Å²) in [6.45, 7) is 2.14. The molecular formula is C12H25N3O3. The molecule has 0 radical (unpaired) electrons. The molecule has 1 aliphatic heterocycles. The van der Waals surface area contributed by atoms with E-state index in [0.717, 1.165) is 25.9 Å². The second-order valence-corrected chi connectivity index (χ2v) is 5.07. The van der Waals surface area contributed by atoms with Crippen LogP contribution in [0.25, 0.3) is 0 Å². The van der Waals surface area contributed by atoms with E-state index < -0.39 is 0 Å². The molecular weight excluding hydrogens is 234 g/mol. The SMILES string of the molecule is CN(C)C(=O)CN1CCC(NC(CO)CO)CC1. The van der Waals surface area contributed by atoms with Gasteiger partial charge in [0.25, 0.3) is 0 Å². The molecule has 0 aromatic carbocycles. The van der Waals surface area contributed by atoms with Crippen molar-refractivity contribution < 1.29 is 15.0 Å². The van der Waals surface area contributed by atoms with Crippen molar-refractivity contribution in [3.63, 3.8) is 0 Å². The number of rotatable bonds is 6. The Bertz CT molecular complexity index is 249.